The molecule has 0 aliphatic carbocycles. The lowest BCUT2D eigenvalue weighted by Crippen LogP contribution is -1.95. The van der Waals surface area contributed by atoms with Crippen LogP contribution in [0.4, 0.5) is 0 Å². The number of aromatic nitrogens is 8. The maximum atomic E-state index is 5.17. The monoisotopic (exact) mass is 1430 g/mol. The van der Waals surface area contributed by atoms with E-state index in [1.807, 2.05) is 42.7 Å². The molecular weight excluding hydrogens is 1360 g/mol. The molecule has 22 aromatic rings. The second-order valence-corrected chi connectivity index (χ2v) is 28.5. The van der Waals surface area contributed by atoms with Crippen LogP contribution >= 0.6 is 0 Å². The van der Waals surface area contributed by atoms with Gasteiger partial charge >= 0.3 is 0 Å². The van der Waals surface area contributed by atoms with Gasteiger partial charge in [-0.25, -0.2) is 9.97 Å². The fraction of sp³-hybridized carbons (Fsp3) is 0. The molecule has 0 aliphatic heterocycles. The van der Waals surface area contributed by atoms with Gasteiger partial charge in [-0.2, -0.15) is 0 Å². The highest BCUT2D eigenvalue weighted by Gasteiger charge is 2.23. The summed E-state index contributed by atoms with van der Waals surface area (Å²) in [6.45, 7) is 0. The molecule has 8 nitrogen and oxygen atoms in total. The Kier molecular flexibility index (Phi) is 16.1. The van der Waals surface area contributed by atoms with Gasteiger partial charge in [-0.1, -0.05) is 255 Å². The summed E-state index contributed by atoms with van der Waals surface area (Å²) in [7, 11) is 0. The summed E-state index contributed by atoms with van der Waals surface area (Å²) < 4.78 is 9.42. The van der Waals surface area contributed by atoms with E-state index in [-0.39, 0.29) is 0 Å². The molecule has 0 radical (unpaired) electrons. The molecule has 524 valence electrons. The van der Waals surface area contributed by atoms with Gasteiger partial charge < -0.3 is 18.3 Å². The van der Waals surface area contributed by atoms with Crippen molar-refractivity contribution in [3.05, 3.63) is 413 Å². The number of para-hydroxylation sites is 4. The predicted molar refractivity (Wildman–Crippen MR) is 465 cm³/mol. The van der Waals surface area contributed by atoms with Crippen LogP contribution in [0.15, 0.2) is 413 Å². The lowest BCUT2D eigenvalue weighted by molar-refractivity contribution is 1.17. The molecule has 0 bridgehead atoms. The van der Waals surface area contributed by atoms with E-state index in [1.165, 1.54) is 65.9 Å². The van der Waals surface area contributed by atoms with Gasteiger partial charge in [0.1, 0.15) is 0 Å². The van der Waals surface area contributed by atoms with Gasteiger partial charge in [-0.3, -0.25) is 9.97 Å². The van der Waals surface area contributed by atoms with Crippen LogP contribution in [0, 0.1) is 0 Å². The summed E-state index contributed by atoms with van der Waals surface area (Å²) in [5, 5.41) is 7.22. The van der Waals surface area contributed by atoms with Crippen LogP contribution in [0.1, 0.15) is 0 Å². The molecule has 8 aromatic heterocycles. The molecule has 112 heavy (non-hydrogen) atoms. The molecule has 22 rings (SSSR count). The van der Waals surface area contributed by atoms with Crippen LogP contribution in [0.25, 0.3) is 200 Å². The van der Waals surface area contributed by atoms with Crippen LogP contribution in [0.3, 0.4) is 0 Å². The molecule has 14 aromatic carbocycles. The minimum atomic E-state index is 0.938. The van der Waals surface area contributed by atoms with Gasteiger partial charge in [0.05, 0.1) is 77.9 Å². The largest absolute Gasteiger partial charge is 0.309 e. The first kappa shape index (κ1) is 65.2. The van der Waals surface area contributed by atoms with Crippen molar-refractivity contribution in [3.63, 3.8) is 0 Å². The third-order valence-electron chi connectivity index (χ3n) is 21.9. The molecule has 0 unspecified atom stereocenters. The molecule has 8 heteroatoms. The average Bonchev–Trinajstić information content (AvgIpc) is 1.58. The van der Waals surface area contributed by atoms with E-state index in [4.69, 9.17) is 19.9 Å². The molecule has 0 amide bonds. The van der Waals surface area contributed by atoms with Gasteiger partial charge in [-0.05, 0) is 190 Å². The highest BCUT2D eigenvalue weighted by Crippen LogP contribution is 2.45. The predicted octanol–water partition coefficient (Wildman–Crippen LogP) is 26.7. The molecule has 0 saturated carbocycles. The van der Waals surface area contributed by atoms with E-state index >= 15 is 0 Å². The smallest absolute Gasteiger partial charge is 0.0963 e. The third-order valence-corrected chi connectivity index (χ3v) is 21.9. The topological polar surface area (TPSA) is 71.3 Å². The van der Waals surface area contributed by atoms with Crippen LogP contribution in [0.2, 0.25) is 0 Å². The Morgan fingerprint density at radius 3 is 0.857 bits per heavy atom. The number of hydrogen-bond acceptors (Lipinski definition) is 4. The zero-order valence-corrected chi connectivity index (χ0v) is 60.8. The van der Waals surface area contributed by atoms with E-state index < -0.39 is 0 Å². The van der Waals surface area contributed by atoms with Gasteiger partial charge in [0.15, 0.2) is 0 Å². The molecule has 0 N–H and O–H groups in total. The first-order valence-electron chi connectivity index (χ1n) is 38.0. The average molecular weight is 1430 g/mol. The first-order chi connectivity index (χ1) is 55.6. The summed E-state index contributed by atoms with van der Waals surface area (Å²) in [5.41, 5.74) is 33.1. The maximum absolute atomic E-state index is 5.17. The molecule has 0 atom stereocenters. The van der Waals surface area contributed by atoms with E-state index in [9.17, 15) is 0 Å². The molecule has 0 fully saturated rings. The van der Waals surface area contributed by atoms with Crippen molar-refractivity contribution in [2.24, 2.45) is 0 Å². The molecular formula is C104H68N8. The highest BCUT2D eigenvalue weighted by molar-refractivity contribution is 6.19. The number of hydrogen-bond donors (Lipinski definition) is 0. The number of benzene rings is 14. The highest BCUT2D eigenvalue weighted by atomic mass is 15.0. The number of fused-ring (bicyclic) bond motifs is 12. The Labute approximate surface area is 646 Å². The Bertz CT molecular complexity index is 6760. The van der Waals surface area contributed by atoms with Crippen LogP contribution in [-0.2, 0) is 0 Å². The van der Waals surface area contributed by atoms with Crippen molar-refractivity contribution in [2.75, 3.05) is 0 Å². The van der Waals surface area contributed by atoms with Crippen molar-refractivity contribution < 1.29 is 0 Å². The lowest BCUT2D eigenvalue weighted by Gasteiger charge is -2.12. The van der Waals surface area contributed by atoms with Gasteiger partial charge in [0.25, 0.3) is 0 Å². The standard InChI is InChI=1S/2C52H34N4/c1-4-14-36(15-5-1)45-33-39(34-46(54-45)37-16-6-2-7-17-37)35-25-28-41(29-26-35)56-48-30-27-38(32-44(48)52-50(56)24-13-31-53-52)42-21-12-23-49-51(42)43-20-10-11-22-47(43)55(49)40-18-8-3-9-19-40;1-4-14-35(15-5-1)39-33-45(36-16-6-2-7-17-36)54-46(34-39)37-25-28-41(29-26-37)56-48-30-27-38(32-44(48)52-50(56)24-13-31-53-52)42-21-12-23-49-51(42)43-20-10-11-22-47(43)55(49)40-18-8-3-9-19-40/h2*1-34H. The second kappa shape index (κ2) is 27.6. The quantitative estimate of drug-likeness (QED) is 0.122. The zero-order valence-electron chi connectivity index (χ0n) is 60.8. The van der Waals surface area contributed by atoms with Crippen molar-refractivity contribution in [1.29, 1.82) is 0 Å². The zero-order chi connectivity index (χ0) is 74.0. The minimum Gasteiger partial charge on any atom is -0.309 e. The van der Waals surface area contributed by atoms with E-state index in [1.54, 1.807) is 0 Å². The molecule has 0 saturated heterocycles. The van der Waals surface area contributed by atoms with Crippen molar-refractivity contribution in [3.8, 4) is 112 Å². The molecule has 0 aliphatic rings. The Morgan fingerprint density at radius 2 is 0.455 bits per heavy atom. The molecule has 8 heterocycles. The van der Waals surface area contributed by atoms with Gasteiger partial charge in [0, 0.05) is 89.7 Å². The van der Waals surface area contributed by atoms with Gasteiger partial charge in [0.2, 0.25) is 0 Å². The second-order valence-electron chi connectivity index (χ2n) is 28.5. The fourth-order valence-corrected chi connectivity index (χ4v) is 16.8. The maximum Gasteiger partial charge on any atom is 0.0963 e. The van der Waals surface area contributed by atoms with E-state index in [2.05, 4.69) is 388 Å². The van der Waals surface area contributed by atoms with Crippen LogP contribution in [0.5, 0.6) is 0 Å². The minimum absolute atomic E-state index is 0.938. The third kappa shape index (κ3) is 11.4. The SMILES string of the molecule is c1ccc(-c2cc(-c3ccc(-n4c5ccc(-c6cccc7c6c6ccccc6n7-c6ccccc6)cc5c5ncccc54)cc3)cc(-c3ccccc3)n2)cc1.c1ccc(-c2cc(-c3ccccc3)nc(-c3ccc(-n4c5ccc(-c6cccc7c6c6ccccc6n7-c6ccccc6)cc5c5ncccc54)cc3)c2)cc1. The first-order valence-corrected chi connectivity index (χ1v) is 38.0. The van der Waals surface area contributed by atoms with E-state index in [0.29, 0.717) is 0 Å². The summed E-state index contributed by atoms with van der Waals surface area (Å²) in [6.07, 6.45) is 3.79. The summed E-state index contributed by atoms with van der Waals surface area (Å²) >= 11 is 0. The van der Waals surface area contributed by atoms with Crippen molar-refractivity contribution >= 4 is 87.5 Å². The number of pyridine rings is 4. The van der Waals surface area contributed by atoms with Crippen LogP contribution in [-0.4, -0.2) is 38.2 Å². The molecule has 0 spiro atoms. The summed E-state index contributed by atoms with van der Waals surface area (Å²) in [6, 6.07) is 142. The Morgan fingerprint density at radius 1 is 0.170 bits per heavy atom. The lowest BCUT2D eigenvalue weighted by atomic mass is 9.98. The Balaban J connectivity index is 0.000000141. The normalized spacial score (nSPS) is 11.6. The van der Waals surface area contributed by atoms with E-state index in [0.717, 1.165) is 134 Å². The summed E-state index contributed by atoms with van der Waals surface area (Å²) in [4.78, 5) is 20.2. The van der Waals surface area contributed by atoms with Crippen molar-refractivity contribution in [2.45, 2.75) is 0 Å². The number of rotatable bonds is 12. The van der Waals surface area contributed by atoms with Gasteiger partial charge in [-0.15, -0.1) is 0 Å². The van der Waals surface area contributed by atoms with Crippen molar-refractivity contribution in [1.82, 2.24) is 38.2 Å². The Hall–Kier alpha value is -15.1. The van der Waals surface area contributed by atoms with Crippen LogP contribution < -0.4 is 0 Å². The summed E-state index contributed by atoms with van der Waals surface area (Å²) in [5.74, 6) is 0. The fourth-order valence-electron chi connectivity index (χ4n) is 16.8. The number of nitrogens with zero attached hydrogens (tertiary/aromatic N) is 8.